The lowest BCUT2D eigenvalue weighted by atomic mass is 10.00. The molecule has 0 spiro atoms. The van der Waals surface area contributed by atoms with Crippen LogP contribution in [0.5, 0.6) is 0 Å². The molecule has 1 rings (SSSR count). The summed E-state index contributed by atoms with van der Waals surface area (Å²) in [7, 11) is 1.24. The van der Waals surface area contributed by atoms with Crippen LogP contribution in [0.25, 0.3) is 0 Å². The predicted molar refractivity (Wildman–Crippen MR) is 137 cm³/mol. The molecule has 1 unspecified atom stereocenters. The number of hydrogen-bond donors (Lipinski definition) is 5. The molecule has 0 aromatic rings. The number of methoxy groups -OCH3 is 1. The van der Waals surface area contributed by atoms with Gasteiger partial charge in [0, 0.05) is 13.5 Å². The third-order valence-electron chi connectivity index (χ3n) is 6.33. The van der Waals surface area contributed by atoms with Crippen LogP contribution in [-0.2, 0) is 33.5 Å². The summed E-state index contributed by atoms with van der Waals surface area (Å²) in [5, 5.41) is 17.5. The number of hydrogen-bond acceptors (Lipinski definition) is 8. The van der Waals surface area contributed by atoms with Gasteiger partial charge in [-0.15, -0.1) is 0 Å². The number of nitrogens with two attached hydrogens (primary N) is 1. The van der Waals surface area contributed by atoms with E-state index in [9.17, 15) is 33.9 Å². The average Bonchev–Trinajstić information content (AvgIpc) is 3.32. The van der Waals surface area contributed by atoms with Crippen LogP contribution in [0.2, 0.25) is 0 Å². The van der Waals surface area contributed by atoms with E-state index in [1.54, 1.807) is 13.8 Å². The van der Waals surface area contributed by atoms with E-state index < -0.39 is 65.8 Å². The fraction of sp³-hybridized carbons (Fsp3) is 0.760. The maximum Gasteiger partial charge on any atom is 0.328 e. The molecule has 0 radical (unpaired) electrons. The highest BCUT2D eigenvalue weighted by molar-refractivity contribution is 5.95. The molecule has 38 heavy (non-hydrogen) atoms. The molecule has 1 fully saturated rings. The number of nitrogens with one attached hydrogen (secondary N) is 3. The number of amides is 5. The van der Waals surface area contributed by atoms with Crippen LogP contribution in [0.4, 0.5) is 0 Å². The normalized spacial score (nSPS) is 18.3. The molecule has 0 aliphatic carbocycles. The Bertz CT molecular complexity index is 878. The van der Waals surface area contributed by atoms with E-state index in [4.69, 9.17) is 10.5 Å². The van der Waals surface area contributed by atoms with Gasteiger partial charge in [0.1, 0.15) is 30.3 Å². The Morgan fingerprint density at radius 1 is 1.00 bits per heavy atom. The number of nitrogens with zero attached hydrogens (tertiary/aromatic N) is 1. The van der Waals surface area contributed by atoms with Crippen molar-refractivity contribution in [2.75, 3.05) is 13.7 Å². The largest absolute Gasteiger partial charge is 0.467 e. The summed E-state index contributed by atoms with van der Waals surface area (Å²) >= 11 is 0. The molecular weight excluding hydrogens is 498 g/mol. The van der Waals surface area contributed by atoms with Crippen molar-refractivity contribution in [1.82, 2.24) is 20.9 Å². The van der Waals surface area contributed by atoms with Gasteiger partial charge in [0.2, 0.25) is 29.5 Å². The van der Waals surface area contributed by atoms with Gasteiger partial charge in [0.25, 0.3) is 0 Å². The fourth-order valence-corrected chi connectivity index (χ4v) is 4.33. The smallest absolute Gasteiger partial charge is 0.328 e. The zero-order valence-corrected chi connectivity index (χ0v) is 23.1. The number of ether oxygens (including phenoxy) is 1. The number of aliphatic hydroxyl groups excluding tert-OH is 1. The summed E-state index contributed by atoms with van der Waals surface area (Å²) < 4.78 is 4.81. The first kappa shape index (κ1) is 32.8. The van der Waals surface area contributed by atoms with Crippen molar-refractivity contribution in [3.8, 4) is 0 Å². The van der Waals surface area contributed by atoms with E-state index in [1.807, 2.05) is 13.8 Å². The van der Waals surface area contributed by atoms with Crippen molar-refractivity contribution in [2.24, 2.45) is 17.6 Å². The Hall–Kier alpha value is -3.22. The maximum atomic E-state index is 13.5. The zero-order chi connectivity index (χ0) is 29.2. The Morgan fingerprint density at radius 2 is 1.63 bits per heavy atom. The van der Waals surface area contributed by atoms with E-state index in [0.29, 0.717) is 25.8 Å². The zero-order valence-electron chi connectivity index (χ0n) is 23.1. The molecule has 5 atom stereocenters. The summed E-state index contributed by atoms with van der Waals surface area (Å²) in [6.45, 7) is 8.79. The summed E-state index contributed by atoms with van der Waals surface area (Å²) in [6, 6.07) is -3.80. The van der Waals surface area contributed by atoms with Crippen molar-refractivity contribution in [3.63, 3.8) is 0 Å². The first-order chi connectivity index (χ1) is 17.7. The van der Waals surface area contributed by atoms with E-state index in [1.165, 1.54) is 18.9 Å². The van der Waals surface area contributed by atoms with E-state index in [-0.39, 0.29) is 24.7 Å². The Morgan fingerprint density at radius 3 is 2.13 bits per heavy atom. The SMILES string of the molecule is COC(=O)[C@H](CC(C)C)NC(=O)[C@@H]1CCCN1C(=O)[C@@H](NC(=O)[C@H](CCC(O)C(N)=O)NC(C)=O)C(C)C. The molecule has 216 valence electrons. The molecule has 13 heteroatoms. The topological polar surface area (TPSA) is 197 Å². The second kappa shape index (κ2) is 15.3. The van der Waals surface area contributed by atoms with Gasteiger partial charge in [-0.25, -0.2) is 4.79 Å². The second-order valence-corrected chi connectivity index (χ2v) is 10.4. The van der Waals surface area contributed by atoms with Gasteiger partial charge < -0.3 is 36.4 Å². The lowest BCUT2D eigenvalue weighted by Crippen LogP contribution is -2.59. The first-order valence-corrected chi connectivity index (χ1v) is 12.9. The summed E-state index contributed by atoms with van der Waals surface area (Å²) in [6.07, 6.45) is -0.414. The highest BCUT2D eigenvalue weighted by atomic mass is 16.5. The molecular formula is C25H43N5O8. The van der Waals surface area contributed by atoms with Gasteiger partial charge in [-0.05, 0) is 43.9 Å². The van der Waals surface area contributed by atoms with Crippen molar-refractivity contribution >= 4 is 35.5 Å². The first-order valence-electron chi connectivity index (χ1n) is 12.9. The number of esters is 1. The molecule has 1 aliphatic rings. The number of aliphatic hydroxyl groups is 1. The van der Waals surface area contributed by atoms with Crippen LogP contribution < -0.4 is 21.7 Å². The van der Waals surface area contributed by atoms with Crippen LogP contribution in [0.3, 0.4) is 0 Å². The molecule has 1 saturated heterocycles. The highest BCUT2D eigenvalue weighted by Crippen LogP contribution is 2.21. The molecule has 5 amide bonds. The minimum atomic E-state index is -1.49. The second-order valence-electron chi connectivity index (χ2n) is 10.4. The predicted octanol–water partition coefficient (Wildman–Crippen LogP) is -1.05. The summed E-state index contributed by atoms with van der Waals surface area (Å²) in [5.74, 6) is -3.91. The molecule has 1 aliphatic heterocycles. The summed E-state index contributed by atoms with van der Waals surface area (Å²) in [5.41, 5.74) is 5.06. The standard InChI is InChI=1S/C25H43N5O8/c1-13(2)12-17(25(37)38-6)28-23(35)18-8-7-11-30(18)24(36)20(14(3)4)29-22(34)16(27-15(5)31)9-10-19(32)21(26)33/h13-14,16-20,32H,7-12H2,1-6H3,(H2,26,33)(H,27,31)(H,28,35)(H,29,34)/t16-,17-,18-,19?,20-/m0/s1. The molecule has 0 aromatic carbocycles. The van der Waals surface area contributed by atoms with Crippen LogP contribution >= 0.6 is 0 Å². The number of rotatable bonds is 14. The number of likely N-dealkylation sites (tertiary alicyclic amines) is 1. The Labute approximate surface area is 223 Å². The number of primary amides is 1. The Balaban J connectivity index is 3.03. The van der Waals surface area contributed by atoms with Crippen molar-refractivity contribution < 1.29 is 38.6 Å². The van der Waals surface area contributed by atoms with Crippen LogP contribution in [-0.4, -0.2) is 89.4 Å². The van der Waals surface area contributed by atoms with Gasteiger partial charge in [0.15, 0.2) is 0 Å². The molecule has 6 N–H and O–H groups in total. The Kier molecular flexibility index (Phi) is 13.2. The maximum absolute atomic E-state index is 13.5. The van der Waals surface area contributed by atoms with Gasteiger partial charge in [-0.2, -0.15) is 0 Å². The van der Waals surface area contributed by atoms with E-state index >= 15 is 0 Å². The van der Waals surface area contributed by atoms with Crippen LogP contribution in [0.1, 0.15) is 66.7 Å². The van der Waals surface area contributed by atoms with Gasteiger partial charge >= 0.3 is 5.97 Å². The minimum absolute atomic E-state index is 0.0892. The van der Waals surface area contributed by atoms with E-state index in [0.717, 1.165) is 0 Å². The lowest BCUT2D eigenvalue weighted by Gasteiger charge is -2.32. The van der Waals surface area contributed by atoms with Crippen molar-refractivity contribution in [3.05, 3.63) is 0 Å². The number of carbonyl (C=O) groups excluding carboxylic acids is 6. The van der Waals surface area contributed by atoms with Gasteiger partial charge in [0.05, 0.1) is 7.11 Å². The van der Waals surface area contributed by atoms with Crippen molar-refractivity contribution in [1.29, 1.82) is 0 Å². The van der Waals surface area contributed by atoms with Gasteiger partial charge in [-0.3, -0.25) is 24.0 Å². The quantitative estimate of drug-likeness (QED) is 0.172. The molecule has 0 bridgehead atoms. The molecule has 1 heterocycles. The van der Waals surface area contributed by atoms with Gasteiger partial charge in [-0.1, -0.05) is 27.7 Å². The molecule has 0 aromatic heterocycles. The molecule has 13 nitrogen and oxygen atoms in total. The van der Waals surface area contributed by atoms with Crippen molar-refractivity contribution in [2.45, 2.75) is 97.0 Å². The van der Waals surface area contributed by atoms with E-state index in [2.05, 4.69) is 16.0 Å². The number of carbonyl (C=O) groups is 6. The summed E-state index contributed by atoms with van der Waals surface area (Å²) in [4.78, 5) is 76.0. The van der Waals surface area contributed by atoms with Crippen LogP contribution in [0.15, 0.2) is 0 Å². The highest BCUT2D eigenvalue weighted by Gasteiger charge is 2.40. The monoisotopic (exact) mass is 541 g/mol. The molecule has 0 saturated carbocycles. The third kappa shape index (κ3) is 9.92. The fourth-order valence-electron chi connectivity index (χ4n) is 4.33. The average molecular weight is 542 g/mol. The third-order valence-corrected chi connectivity index (χ3v) is 6.33. The van der Waals surface area contributed by atoms with Crippen LogP contribution in [0, 0.1) is 11.8 Å². The lowest BCUT2D eigenvalue weighted by molar-refractivity contribution is -0.147. The minimum Gasteiger partial charge on any atom is -0.467 e.